The van der Waals surface area contributed by atoms with Gasteiger partial charge in [0.25, 0.3) is 5.91 Å². The Balaban J connectivity index is 1.67. The second-order valence-electron chi connectivity index (χ2n) is 7.15. The number of para-hydroxylation sites is 1. The van der Waals surface area contributed by atoms with Crippen LogP contribution in [0.5, 0.6) is 5.75 Å². The summed E-state index contributed by atoms with van der Waals surface area (Å²) in [6.07, 6.45) is 1.67. The summed E-state index contributed by atoms with van der Waals surface area (Å²) in [5.74, 6) is 0.826. The Hall–Kier alpha value is -2.18. The van der Waals surface area contributed by atoms with Gasteiger partial charge in [0, 0.05) is 40.7 Å². The van der Waals surface area contributed by atoms with Gasteiger partial charge in [-0.3, -0.25) is 9.00 Å². The van der Waals surface area contributed by atoms with Gasteiger partial charge in [-0.25, -0.2) is 0 Å². The highest BCUT2D eigenvalue weighted by atomic mass is 32.2. The molecular formula is C22H27NO4S. The summed E-state index contributed by atoms with van der Waals surface area (Å²) in [6, 6.07) is 14.8. The fourth-order valence-corrected chi connectivity index (χ4v) is 4.63. The van der Waals surface area contributed by atoms with Crippen LogP contribution in [0.25, 0.3) is 0 Å². The molecule has 1 aliphatic rings. The van der Waals surface area contributed by atoms with Crippen molar-refractivity contribution < 1.29 is 18.5 Å². The van der Waals surface area contributed by atoms with Crippen molar-refractivity contribution in [3.63, 3.8) is 0 Å². The van der Waals surface area contributed by atoms with Crippen LogP contribution in [0, 0.1) is 0 Å². The van der Waals surface area contributed by atoms with Crippen molar-refractivity contribution in [3.8, 4) is 5.75 Å². The smallest absolute Gasteiger partial charge is 0.259 e. The van der Waals surface area contributed by atoms with Crippen molar-refractivity contribution in [3.05, 3.63) is 59.7 Å². The first-order chi connectivity index (χ1) is 13.5. The van der Waals surface area contributed by atoms with Gasteiger partial charge in [0.15, 0.2) is 0 Å². The summed E-state index contributed by atoms with van der Waals surface area (Å²) in [4.78, 5) is 12.7. The second kappa shape index (κ2) is 9.85. The van der Waals surface area contributed by atoms with Gasteiger partial charge in [-0.15, -0.1) is 0 Å². The Morgan fingerprint density at radius 2 is 1.93 bits per heavy atom. The highest BCUT2D eigenvalue weighted by Gasteiger charge is 2.20. The van der Waals surface area contributed by atoms with E-state index in [4.69, 9.17) is 9.47 Å². The molecule has 0 spiro atoms. The minimum Gasteiger partial charge on any atom is -0.490 e. The van der Waals surface area contributed by atoms with E-state index in [-0.39, 0.29) is 17.3 Å². The molecule has 3 rings (SSSR count). The summed E-state index contributed by atoms with van der Waals surface area (Å²) in [5, 5.41) is 3.11. The molecular weight excluding hydrogens is 374 g/mol. The minimum absolute atomic E-state index is 0.0163. The fourth-order valence-electron chi connectivity index (χ4n) is 3.17. The first kappa shape index (κ1) is 20.6. The van der Waals surface area contributed by atoms with E-state index < -0.39 is 10.8 Å². The fraction of sp³-hybridized carbons (Fsp3) is 0.409. The van der Waals surface area contributed by atoms with Crippen molar-refractivity contribution in [1.29, 1.82) is 0 Å². The lowest BCUT2D eigenvalue weighted by Gasteiger charge is -2.21. The van der Waals surface area contributed by atoms with Crippen LogP contribution in [0.3, 0.4) is 0 Å². The van der Waals surface area contributed by atoms with Crippen molar-refractivity contribution >= 4 is 22.4 Å². The van der Waals surface area contributed by atoms with Crippen molar-refractivity contribution in [2.45, 2.75) is 43.8 Å². The third-order valence-electron chi connectivity index (χ3n) is 4.53. The molecule has 28 heavy (non-hydrogen) atoms. The number of benzene rings is 2. The molecule has 0 aromatic heterocycles. The van der Waals surface area contributed by atoms with Gasteiger partial charge in [-0.05, 0) is 56.5 Å². The molecule has 1 N–H and O–H groups in total. The zero-order valence-corrected chi connectivity index (χ0v) is 17.2. The van der Waals surface area contributed by atoms with E-state index in [2.05, 4.69) is 5.32 Å². The molecule has 6 heteroatoms. The predicted molar refractivity (Wildman–Crippen MR) is 112 cm³/mol. The van der Waals surface area contributed by atoms with Gasteiger partial charge in [-0.1, -0.05) is 24.3 Å². The monoisotopic (exact) mass is 401 g/mol. The number of rotatable bonds is 7. The highest BCUT2D eigenvalue weighted by molar-refractivity contribution is 7.84. The van der Waals surface area contributed by atoms with E-state index in [9.17, 15) is 9.00 Å². The lowest BCUT2D eigenvalue weighted by Crippen LogP contribution is -2.25. The highest BCUT2D eigenvalue weighted by Crippen LogP contribution is 2.22. The van der Waals surface area contributed by atoms with E-state index in [1.54, 1.807) is 12.1 Å². The Kier molecular flexibility index (Phi) is 7.23. The molecule has 1 aliphatic heterocycles. The van der Waals surface area contributed by atoms with E-state index in [0.29, 0.717) is 36.0 Å². The molecule has 2 aromatic carbocycles. The molecule has 1 atom stereocenters. The maximum atomic E-state index is 12.7. The third kappa shape index (κ3) is 5.66. The molecule has 0 bridgehead atoms. The van der Waals surface area contributed by atoms with Crippen molar-refractivity contribution in [2.75, 3.05) is 18.5 Å². The summed E-state index contributed by atoms with van der Waals surface area (Å²) in [6.45, 7) is 5.22. The average molecular weight is 402 g/mol. The van der Waals surface area contributed by atoms with Crippen molar-refractivity contribution in [2.24, 2.45) is 0 Å². The second-order valence-corrected chi connectivity index (χ2v) is 8.87. The topological polar surface area (TPSA) is 64.6 Å². The Morgan fingerprint density at radius 3 is 2.68 bits per heavy atom. The van der Waals surface area contributed by atoms with Crippen LogP contribution in [0.1, 0.15) is 42.6 Å². The summed E-state index contributed by atoms with van der Waals surface area (Å²) < 4.78 is 23.7. The van der Waals surface area contributed by atoms with Crippen LogP contribution < -0.4 is 10.1 Å². The van der Waals surface area contributed by atoms with Crippen LogP contribution in [-0.2, 0) is 21.3 Å². The third-order valence-corrected chi connectivity index (χ3v) is 6.36. The molecule has 0 radical (unpaired) electrons. The van der Waals surface area contributed by atoms with Gasteiger partial charge in [-0.2, -0.15) is 0 Å². The van der Waals surface area contributed by atoms with Crippen molar-refractivity contribution in [1.82, 2.24) is 0 Å². The molecule has 0 saturated carbocycles. The molecule has 1 heterocycles. The molecule has 150 valence electrons. The molecule has 2 aromatic rings. The Labute approximate surface area is 168 Å². The number of ether oxygens (including phenoxy) is 2. The number of anilines is 1. The van der Waals surface area contributed by atoms with Gasteiger partial charge >= 0.3 is 0 Å². The molecule has 5 nitrogen and oxygen atoms in total. The minimum atomic E-state index is -0.937. The lowest BCUT2D eigenvalue weighted by molar-refractivity contribution is 0.0991. The summed E-state index contributed by atoms with van der Waals surface area (Å²) >= 11 is 0. The average Bonchev–Trinajstić information content (AvgIpc) is 2.69. The quantitative estimate of drug-likeness (QED) is 0.757. The maximum Gasteiger partial charge on any atom is 0.259 e. The number of nitrogens with one attached hydrogen (secondary N) is 1. The Bertz CT molecular complexity index is 831. The first-order valence-electron chi connectivity index (χ1n) is 9.64. The lowest BCUT2D eigenvalue weighted by atomic mass is 10.1. The van der Waals surface area contributed by atoms with Crippen LogP contribution in [-0.4, -0.2) is 34.7 Å². The number of carbonyl (C=O) groups excluding carboxylic acids is 1. The molecule has 1 amide bonds. The molecule has 1 fully saturated rings. The van der Waals surface area contributed by atoms with Gasteiger partial charge in [0.2, 0.25) is 0 Å². The molecule has 0 aliphatic carbocycles. The normalized spacial score (nSPS) is 16.0. The Morgan fingerprint density at radius 1 is 1.18 bits per heavy atom. The zero-order valence-electron chi connectivity index (χ0n) is 16.4. The molecule has 1 unspecified atom stereocenters. The van der Waals surface area contributed by atoms with E-state index in [1.165, 1.54) is 0 Å². The SMILES string of the molecule is CC(C)Oc1ccccc1C(=O)Nc1cccc(CS(=O)C2CCOCC2)c1. The zero-order chi connectivity index (χ0) is 19.9. The number of hydrogen-bond donors (Lipinski definition) is 1. The summed E-state index contributed by atoms with van der Waals surface area (Å²) in [5.41, 5.74) is 2.13. The maximum absolute atomic E-state index is 12.7. The first-order valence-corrected chi connectivity index (χ1v) is 11.0. The largest absolute Gasteiger partial charge is 0.490 e. The van der Waals surface area contributed by atoms with Crippen LogP contribution >= 0.6 is 0 Å². The standard InChI is InChI=1S/C22H27NO4S/c1-16(2)27-21-9-4-3-8-20(21)22(24)23-18-7-5-6-17(14-18)15-28(25)19-10-12-26-13-11-19/h3-9,14,16,19H,10-13,15H2,1-2H3,(H,23,24). The van der Waals surface area contributed by atoms with Crippen LogP contribution in [0.15, 0.2) is 48.5 Å². The van der Waals surface area contributed by atoms with Crippen LogP contribution in [0.2, 0.25) is 0 Å². The van der Waals surface area contributed by atoms with E-state index >= 15 is 0 Å². The number of carbonyl (C=O) groups is 1. The van der Waals surface area contributed by atoms with E-state index in [1.807, 2.05) is 50.2 Å². The van der Waals surface area contributed by atoms with Crippen LogP contribution in [0.4, 0.5) is 5.69 Å². The summed E-state index contributed by atoms with van der Waals surface area (Å²) in [7, 11) is -0.937. The predicted octanol–water partition coefficient (Wildman–Crippen LogP) is 4.15. The number of amides is 1. The number of hydrogen-bond acceptors (Lipinski definition) is 4. The van der Waals surface area contributed by atoms with Gasteiger partial charge in [0.05, 0.1) is 11.7 Å². The molecule has 1 saturated heterocycles. The van der Waals surface area contributed by atoms with Gasteiger partial charge in [0.1, 0.15) is 5.75 Å². The van der Waals surface area contributed by atoms with Gasteiger partial charge < -0.3 is 14.8 Å². The van der Waals surface area contributed by atoms with E-state index in [0.717, 1.165) is 18.4 Å².